The van der Waals surface area contributed by atoms with Crippen molar-refractivity contribution in [3.05, 3.63) is 52.4 Å². The van der Waals surface area contributed by atoms with E-state index in [1.165, 1.54) is 6.07 Å². The molecule has 0 aliphatic heterocycles. The normalized spacial score (nSPS) is 10.2. The van der Waals surface area contributed by atoms with Crippen LogP contribution in [0.15, 0.2) is 40.9 Å². The maximum atomic E-state index is 12.8. The summed E-state index contributed by atoms with van der Waals surface area (Å²) < 4.78 is 19.2. The fraction of sp³-hybridized carbons (Fsp3) is 0.0833. The minimum atomic E-state index is -0.550. The van der Waals surface area contributed by atoms with E-state index in [0.29, 0.717) is 5.75 Å². The van der Waals surface area contributed by atoms with Gasteiger partial charge < -0.3 is 4.74 Å². The molecule has 2 nitrogen and oxygen atoms in total. The number of benzene rings is 1. The Morgan fingerprint density at radius 3 is 2.75 bits per heavy atom. The SMILES string of the molecule is Cc1cc(Oc2cccc(F)n2)ccc1Br. The van der Waals surface area contributed by atoms with Gasteiger partial charge in [-0.3, -0.25) is 0 Å². The van der Waals surface area contributed by atoms with Crippen molar-refractivity contribution >= 4 is 15.9 Å². The number of nitrogens with zero attached hydrogens (tertiary/aromatic N) is 1. The zero-order valence-electron chi connectivity index (χ0n) is 8.58. The molecule has 1 aromatic carbocycles. The Morgan fingerprint density at radius 1 is 1.25 bits per heavy atom. The van der Waals surface area contributed by atoms with Crippen molar-refractivity contribution in [1.29, 1.82) is 0 Å². The molecule has 0 N–H and O–H groups in total. The monoisotopic (exact) mass is 281 g/mol. The molecule has 2 rings (SSSR count). The zero-order chi connectivity index (χ0) is 11.5. The van der Waals surface area contributed by atoms with E-state index in [1.54, 1.807) is 18.2 Å². The number of hydrogen-bond acceptors (Lipinski definition) is 2. The third-order valence-corrected chi connectivity index (χ3v) is 2.93. The molecule has 16 heavy (non-hydrogen) atoms. The summed E-state index contributed by atoms with van der Waals surface area (Å²) >= 11 is 3.40. The maximum Gasteiger partial charge on any atom is 0.221 e. The third-order valence-electron chi connectivity index (χ3n) is 2.04. The topological polar surface area (TPSA) is 22.1 Å². The molecule has 1 aromatic heterocycles. The Hall–Kier alpha value is -1.42. The van der Waals surface area contributed by atoms with Gasteiger partial charge in [0, 0.05) is 10.5 Å². The molecule has 0 spiro atoms. The summed E-state index contributed by atoms with van der Waals surface area (Å²) in [5, 5.41) is 0. The molecule has 4 heteroatoms. The highest BCUT2D eigenvalue weighted by molar-refractivity contribution is 9.10. The first-order valence-corrected chi connectivity index (χ1v) is 5.51. The van der Waals surface area contributed by atoms with Gasteiger partial charge in [-0.2, -0.15) is 9.37 Å². The van der Waals surface area contributed by atoms with Gasteiger partial charge in [0.25, 0.3) is 0 Å². The van der Waals surface area contributed by atoms with Crippen LogP contribution < -0.4 is 4.74 Å². The van der Waals surface area contributed by atoms with Gasteiger partial charge in [-0.25, -0.2) is 0 Å². The molecule has 1 heterocycles. The van der Waals surface area contributed by atoms with Crippen LogP contribution in [-0.4, -0.2) is 4.98 Å². The van der Waals surface area contributed by atoms with Gasteiger partial charge in [-0.05, 0) is 36.8 Å². The van der Waals surface area contributed by atoms with Crippen LogP contribution in [0.25, 0.3) is 0 Å². The molecule has 0 aliphatic rings. The Labute approximate surface area is 101 Å². The predicted octanol–water partition coefficient (Wildman–Crippen LogP) is 4.08. The molecule has 0 aliphatic carbocycles. The van der Waals surface area contributed by atoms with Gasteiger partial charge in [0.15, 0.2) is 0 Å². The highest BCUT2D eigenvalue weighted by Crippen LogP contribution is 2.25. The molecule has 0 atom stereocenters. The van der Waals surface area contributed by atoms with E-state index in [1.807, 2.05) is 19.1 Å². The first-order valence-electron chi connectivity index (χ1n) is 4.72. The van der Waals surface area contributed by atoms with Crippen LogP contribution in [0.2, 0.25) is 0 Å². The average Bonchev–Trinajstić information content (AvgIpc) is 2.24. The summed E-state index contributed by atoms with van der Waals surface area (Å²) in [6, 6.07) is 9.98. The van der Waals surface area contributed by atoms with Crippen LogP contribution in [0.4, 0.5) is 4.39 Å². The molecular weight excluding hydrogens is 273 g/mol. The fourth-order valence-electron chi connectivity index (χ4n) is 1.25. The van der Waals surface area contributed by atoms with Crippen LogP contribution in [0.5, 0.6) is 11.6 Å². The molecule has 0 bridgehead atoms. The summed E-state index contributed by atoms with van der Waals surface area (Å²) in [6.07, 6.45) is 0. The third kappa shape index (κ3) is 2.58. The molecular formula is C12H9BrFNO. The van der Waals surface area contributed by atoms with Crippen LogP contribution in [0, 0.1) is 12.9 Å². The van der Waals surface area contributed by atoms with Crippen LogP contribution in [-0.2, 0) is 0 Å². The lowest BCUT2D eigenvalue weighted by molar-refractivity contribution is 0.445. The van der Waals surface area contributed by atoms with Crippen molar-refractivity contribution in [2.45, 2.75) is 6.92 Å². The molecule has 0 radical (unpaired) electrons. The van der Waals surface area contributed by atoms with Gasteiger partial charge in [0.05, 0.1) is 0 Å². The molecule has 0 unspecified atom stereocenters. The minimum Gasteiger partial charge on any atom is -0.439 e. The molecule has 0 saturated carbocycles. The maximum absolute atomic E-state index is 12.8. The Bertz CT molecular complexity index is 516. The van der Waals surface area contributed by atoms with Gasteiger partial charge in [-0.15, -0.1) is 0 Å². The van der Waals surface area contributed by atoms with Crippen LogP contribution in [0.3, 0.4) is 0 Å². The molecule has 2 aromatic rings. The standard InChI is InChI=1S/C12H9BrFNO/c1-8-7-9(5-6-10(8)13)16-12-4-2-3-11(14)15-12/h2-7H,1H3. The Morgan fingerprint density at radius 2 is 2.06 bits per heavy atom. The summed E-state index contributed by atoms with van der Waals surface area (Å²) in [7, 11) is 0. The van der Waals surface area contributed by atoms with E-state index in [2.05, 4.69) is 20.9 Å². The highest BCUT2D eigenvalue weighted by atomic mass is 79.9. The van der Waals surface area contributed by atoms with Gasteiger partial charge in [-0.1, -0.05) is 22.0 Å². The second-order valence-electron chi connectivity index (χ2n) is 3.31. The van der Waals surface area contributed by atoms with Crippen LogP contribution >= 0.6 is 15.9 Å². The van der Waals surface area contributed by atoms with Crippen molar-refractivity contribution in [2.24, 2.45) is 0 Å². The van der Waals surface area contributed by atoms with E-state index in [-0.39, 0.29) is 5.88 Å². The number of rotatable bonds is 2. The van der Waals surface area contributed by atoms with E-state index < -0.39 is 5.95 Å². The second kappa shape index (κ2) is 4.61. The number of aryl methyl sites for hydroxylation is 1. The number of halogens is 2. The zero-order valence-corrected chi connectivity index (χ0v) is 10.2. The lowest BCUT2D eigenvalue weighted by Crippen LogP contribution is -1.90. The van der Waals surface area contributed by atoms with Crippen LogP contribution in [0.1, 0.15) is 5.56 Å². The quantitative estimate of drug-likeness (QED) is 0.774. The molecule has 0 amide bonds. The predicted molar refractivity (Wildman–Crippen MR) is 63.1 cm³/mol. The van der Waals surface area contributed by atoms with Gasteiger partial charge in [0.2, 0.25) is 11.8 Å². The van der Waals surface area contributed by atoms with Crippen molar-refractivity contribution < 1.29 is 9.13 Å². The molecule has 0 saturated heterocycles. The van der Waals surface area contributed by atoms with E-state index >= 15 is 0 Å². The number of pyridine rings is 1. The second-order valence-corrected chi connectivity index (χ2v) is 4.17. The van der Waals surface area contributed by atoms with Crippen molar-refractivity contribution in [1.82, 2.24) is 4.98 Å². The summed E-state index contributed by atoms with van der Waals surface area (Å²) in [6.45, 7) is 1.95. The Balaban J connectivity index is 2.24. The van der Waals surface area contributed by atoms with E-state index in [4.69, 9.17) is 4.74 Å². The minimum absolute atomic E-state index is 0.252. The van der Waals surface area contributed by atoms with Gasteiger partial charge >= 0.3 is 0 Å². The largest absolute Gasteiger partial charge is 0.439 e. The lowest BCUT2D eigenvalue weighted by atomic mass is 10.2. The highest BCUT2D eigenvalue weighted by Gasteiger charge is 2.02. The van der Waals surface area contributed by atoms with E-state index in [0.717, 1.165) is 10.0 Å². The smallest absolute Gasteiger partial charge is 0.221 e. The fourth-order valence-corrected chi connectivity index (χ4v) is 1.49. The van der Waals surface area contributed by atoms with Gasteiger partial charge in [0.1, 0.15) is 5.75 Å². The van der Waals surface area contributed by atoms with Crippen molar-refractivity contribution in [3.8, 4) is 11.6 Å². The number of aromatic nitrogens is 1. The lowest BCUT2D eigenvalue weighted by Gasteiger charge is -2.06. The molecule has 82 valence electrons. The Kier molecular flexibility index (Phi) is 3.19. The van der Waals surface area contributed by atoms with Crippen molar-refractivity contribution in [3.63, 3.8) is 0 Å². The average molecular weight is 282 g/mol. The number of hydrogen-bond donors (Lipinski definition) is 0. The summed E-state index contributed by atoms with van der Waals surface area (Å²) in [4.78, 5) is 3.62. The first-order chi connectivity index (χ1) is 7.65. The summed E-state index contributed by atoms with van der Waals surface area (Å²) in [5.41, 5.74) is 1.05. The first kappa shape index (κ1) is 11.1. The summed E-state index contributed by atoms with van der Waals surface area (Å²) in [5.74, 6) is 0.340. The molecule has 0 fully saturated rings. The van der Waals surface area contributed by atoms with Crippen molar-refractivity contribution in [2.75, 3.05) is 0 Å². The number of ether oxygens (including phenoxy) is 1. The van der Waals surface area contributed by atoms with E-state index in [9.17, 15) is 4.39 Å².